The Labute approximate surface area is 142 Å². The molecule has 0 aromatic heterocycles. The molecule has 0 bridgehead atoms. The third-order valence-corrected chi connectivity index (χ3v) is 3.81. The van der Waals surface area contributed by atoms with Crippen molar-refractivity contribution in [1.82, 2.24) is 10.6 Å². The third-order valence-electron chi connectivity index (χ3n) is 3.81. The third kappa shape index (κ3) is 5.50. The SMILES string of the molecule is COc1ccccc1CNC(=O)N[C@@H](C)CCc1ccc(O)cc1. The van der Waals surface area contributed by atoms with Crippen LogP contribution in [0.1, 0.15) is 24.5 Å². The standard InChI is InChI=1S/C19H24N2O3/c1-14(7-8-15-9-11-17(22)12-10-15)21-19(23)20-13-16-5-3-4-6-18(16)24-2/h3-6,9-12,14,22H,7-8,13H2,1-2H3,(H2,20,21,23)/t14-/m0/s1. The molecule has 0 aliphatic carbocycles. The monoisotopic (exact) mass is 328 g/mol. The quantitative estimate of drug-likeness (QED) is 0.731. The molecule has 5 nitrogen and oxygen atoms in total. The van der Waals surface area contributed by atoms with Gasteiger partial charge in [0.05, 0.1) is 7.11 Å². The fourth-order valence-electron chi connectivity index (χ4n) is 2.42. The molecule has 2 amide bonds. The molecule has 0 radical (unpaired) electrons. The van der Waals surface area contributed by atoms with Crippen molar-refractivity contribution < 1.29 is 14.6 Å². The fraction of sp³-hybridized carbons (Fsp3) is 0.316. The number of carbonyl (C=O) groups excluding carboxylic acids is 1. The summed E-state index contributed by atoms with van der Waals surface area (Å²) in [5.41, 5.74) is 2.07. The molecule has 0 heterocycles. The lowest BCUT2D eigenvalue weighted by Crippen LogP contribution is -2.40. The number of hydrogen-bond acceptors (Lipinski definition) is 3. The molecule has 0 saturated carbocycles. The Bertz CT molecular complexity index is 656. The number of ether oxygens (including phenoxy) is 1. The Morgan fingerprint density at radius 1 is 1.17 bits per heavy atom. The van der Waals surface area contributed by atoms with Gasteiger partial charge in [-0.1, -0.05) is 30.3 Å². The van der Waals surface area contributed by atoms with E-state index in [4.69, 9.17) is 4.74 Å². The van der Waals surface area contributed by atoms with Crippen molar-refractivity contribution in [2.75, 3.05) is 7.11 Å². The normalized spacial score (nSPS) is 11.6. The zero-order valence-electron chi connectivity index (χ0n) is 14.1. The molecule has 0 saturated heterocycles. The highest BCUT2D eigenvalue weighted by atomic mass is 16.5. The maximum atomic E-state index is 12.0. The minimum Gasteiger partial charge on any atom is -0.508 e. The molecule has 0 spiro atoms. The zero-order chi connectivity index (χ0) is 17.4. The highest BCUT2D eigenvalue weighted by Gasteiger charge is 2.08. The van der Waals surface area contributed by atoms with Crippen molar-refractivity contribution in [3.63, 3.8) is 0 Å². The van der Waals surface area contributed by atoms with Crippen LogP contribution in [0.25, 0.3) is 0 Å². The van der Waals surface area contributed by atoms with Crippen molar-refractivity contribution in [2.24, 2.45) is 0 Å². The number of urea groups is 1. The van der Waals surface area contributed by atoms with E-state index in [9.17, 15) is 9.90 Å². The summed E-state index contributed by atoms with van der Waals surface area (Å²) in [6.07, 6.45) is 1.67. The molecule has 2 aromatic carbocycles. The Balaban J connectivity index is 1.74. The number of methoxy groups -OCH3 is 1. The minimum atomic E-state index is -0.195. The largest absolute Gasteiger partial charge is 0.508 e. The van der Waals surface area contributed by atoms with E-state index < -0.39 is 0 Å². The van der Waals surface area contributed by atoms with Crippen molar-refractivity contribution in [3.05, 3.63) is 59.7 Å². The summed E-state index contributed by atoms with van der Waals surface area (Å²) in [7, 11) is 1.62. The lowest BCUT2D eigenvalue weighted by Gasteiger charge is -2.15. The van der Waals surface area contributed by atoms with Crippen LogP contribution in [0, 0.1) is 0 Å². The van der Waals surface area contributed by atoms with Crippen molar-refractivity contribution in [1.29, 1.82) is 0 Å². The smallest absolute Gasteiger partial charge is 0.315 e. The van der Waals surface area contributed by atoms with Gasteiger partial charge in [0.15, 0.2) is 0 Å². The summed E-state index contributed by atoms with van der Waals surface area (Å²) in [5.74, 6) is 1.03. The van der Waals surface area contributed by atoms with E-state index in [2.05, 4.69) is 10.6 Å². The predicted octanol–water partition coefficient (Wildman–Crippen LogP) is 3.22. The highest BCUT2D eigenvalue weighted by molar-refractivity contribution is 5.74. The second-order valence-electron chi connectivity index (χ2n) is 5.75. The van der Waals surface area contributed by atoms with Gasteiger partial charge in [0.1, 0.15) is 11.5 Å². The van der Waals surface area contributed by atoms with Crippen LogP contribution in [-0.4, -0.2) is 24.3 Å². The van der Waals surface area contributed by atoms with Crippen LogP contribution in [0.15, 0.2) is 48.5 Å². The average Bonchev–Trinajstić information content (AvgIpc) is 2.59. The molecule has 0 aliphatic heterocycles. The number of nitrogens with one attached hydrogen (secondary N) is 2. The molecule has 1 atom stereocenters. The predicted molar refractivity (Wildman–Crippen MR) is 94.3 cm³/mol. The minimum absolute atomic E-state index is 0.0523. The first-order valence-corrected chi connectivity index (χ1v) is 8.02. The number of para-hydroxylation sites is 1. The molecule has 128 valence electrons. The van der Waals surface area contributed by atoms with Gasteiger partial charge in [0.2, 0.25) is 0 Å². The maximum Gasteiger partial charge on any atom is 0.315 e. The number of amides is 2. The van der Waals surface area contributed by atoms with Crippen molar-refractivity contribution in [2.45, 2.75) is 32.4 Å². The molecule has 24 heavy (non-hydrogen) atoms. The van der Waals surface area contributed by atoms with Crippen LogP contribution < -0.4 is 15.4 Å². The van der Waals surface area contributed by atoms with E-state index in [0.29, 0.717) is 6.54 Å². The first-order valence-electron chi connectivity index (χ1n) is 8.02. The molecular weight excluding hydrogens is 304 g/mol. The molecule has 2 rings (SSSR count). The molecule has 0 unspecified atom stereocenters. The molecule has 2 aromatic rings. The van der Waals surface area contributed by atoms with Gasteiger partial charge < -0.3 is 20.5 Å². The number of carbonyl (C=O) groups is 1. The Hall–Kier alpha value is -2.69. The summed E-state index contributed by atoms with van der Waals surface area (Å²) in [4.78, 5) is 12.0. The van der Waals surface area contributed by atoms with Gasteiger partial charge in [0, 0.05) is 18.2 Å². The fourth-order valence-corrected chi connectivity index (χ4v) is 2.42. The molecule has 5 heteroatoms. The summed E-state index contributed by atoms with van der Waals surface area (Å²) >= 11 is 0. The summed E-state index contributed by atoms with van der Waals surface area (Å²) in [6, 6.07) is 14.6. The topological polar surface area (TPSA) is 70.6 Å². The first-order chi connectivity index (χ1) is 11.6. The van der Waals surface area contributed by atoms with Gasteiger partial charge in [-0.25, -0.2) is 4.79 Å². The number of aromatic hydroxyl groups is 1. The van der Waals surface area contributed by atoms with Crippen LogP contribution >= 0.6 is 0 Å². The van der Waals surface area contributed by atoms with E-state index in [1.807, 2.05) is 43.3 Å². The molecule has 3 N–H and O–H groups in total. The number of benzene rings is 2. The van der Waals surface area contributed by atoms with Gasteiger partial charge in [-0.2, -0.15) is 0 Å². The summed E-state index contributed by atoms with van der Waals surface area (Å²) < 4.78 is 5.27. The van der Waals surface area contributed by atoms with Crippen LogP contribution in [0.4, 0.5) is 4.79 Å². The Morgan fingerprint density at radius 3 is 2.58 bits per heavy atom. The first kappa shape index (κ1) is 17.7. The van der Waals surface area contributed by atoms with Crippen molar-refractivity contribution in [3.8, 4) is 11.5 Å². The van der Waals surface area contributed by atoms with Gasteiger partial charge >= 0.3 is 6.03 Å². The van der Waals surface area contributed by atoms with Gasteiger partial charge in [0.25, 0.3) is 0 Å². The van der Waals surface area contributed by atoms with Crippen LogP contribution in [0.3, 0.4) is 0 Å². The molecule has 0 fully saturated rings. The number of phenolic OH excluding ortho intramolecular Hbond substituents is 1. The molecule has 0 aliphatic rings. The van der Waals surface area contributed by atoms with E-state index in [1.54, 1.807) is 19.2 Å². The van der Waals surface area contributed by atoms with Gasteiger partial charge in [-0.3, -0.25) is 0 Å². The second-order valence-corrected chi connectivity index (χ2v) is 5.75. The van der Waals surface area contributed by atoms with Crippen LogP contribution in [0.5, 0.6) is 11.5 Å². The Morgan fingerprint density at radius 2 is 1.88 bits per heavy atom. The van der Waals surface area contributed by atoms with Gasteiger partial charge in [-0.15, -0.1) is 0 Å². The second kappa shape index (κ2) is 8.82. The number of phenols is 1. The van der Waals surface area contributed by atoms with E-state index in [1.165, 1.54) is 0 Å². The van der Waals surface area contributed by atoms with E-state index in [0.717, 1.165) is 29.7 Å². The lowest BCUT2D eigenvalue weighted by molar-refractivity contribution is 0.236. The number of rotatable bonds is 7. The van der Waals surface area contributed by atoms with Gasteiger partial charge in [-0.05, 0) is 43.5 Å². The summed E-state index contributed by atoms with van der Waals surface area (Å²) in [5, 5.41) is 15.0. The Kier molecular flexibility index (Phi) is 6.49. The van der Waals surface area contributed by atoms with Crippen LogP contribution in [0.2, 0.25) is 0 Å². The zero-order valence-corrected chi connectivity index (χ0v) is 14.1. The van der Waals surface area contributed by atoms with E-state index >= 15 is 0 Å². The lowest BCUT2D eigenvalue weighted by atomic mass is 10.1. The summed E-state index contributed by atoms with van der Waals surface area (Å²) in [6.45, 7) is 2.39. The number of aryl methyl sites for hydroxylation is 1. The van der Waals surface area contributed by atoms with Crippen molar-refractivity contribution >= 4 is 6.03 Å². The maximum absolute atomic E-state index is 12.0. The average molecular weight is 328 g/mol. The highest BCUT2D eigenvalue weighted by Crippen LogP contribution is 2.16. The van der Waals surface area contributed by atoms with Crippen LogP contribution in [-0.2, 0) is 13.0 Å². The van der Waals surface area contributed by atoms with E-state index in [-0.39, 0.29) is 17.8 Å². The number of hydrogen-bond donors (Lipinski definition) is 3. The molecular formula is C19H24N2O3.